The monoisotopic (exact) mass is 339 g/mol. The lowest BCUT2D eigenvalue weighted by Crippen LogP contribution is -2.25. The van der Waals surface area contributed by atoms with Crippen molar-refractivity contribution in [2.45, 2.75) is 26.2 Å². The molecule has 2 aromatic carbocycles. The highest BCUT2D eigenvalue weighted by Gasteiger charge is 2.33. The van der Waals surface area contributed by atoms with Gasteiger partial charge in [-0.3, -0.25) is 4.79 Å². The molecule has 0 spiro atoms. The van der Waals surface area contributed by atoms with Crippen LogP contribution in [0.4, 0.5) is 5.69 Å². The van der Waals surface area contributed by atoms with E-state index in [1.54, 1.807) is 18.2 Å². The van der Waals surface area contributed by atoms with Gasteiger partial charge in [0.2, 0.25) is 5.91 Å². The smallest absolute Gasteiger partial charge is 0.339 e. The molecule has 3 rings (SSSR count). The third kappa shape index (κ3) is 3.22. The zero-order valence-corrected chi connectivity index (χ0v) is 14.6. The molecule has 0 bridgehead atoms. The number of anilines is 1. The van der Waals surface area contributed by atoms with Crippen LogP contribution in [0.15, 0.2) is 36.4 Å². The van der Waals surface area contributed by atoms with Crippen molar-refractivity contribution in [3.8, 4) is 5.75 Å². The summed E-state index contributed by atoms with van der Waals surface area (Å²) in [5, 5.41) is 9.20. The fraction of sp³-hybridized carbons (Fsp3) is 0.300. The molecular formula is C20H21NO4. The van der Waals surface area contributed by atoms with Gasteiger partial charge in [-0.25, -0.2) is 4.79 Å². The summed E-state index contributed by atoms with van der Waals surface area (Å²) in [7, 11) is 1.45. The zero-order valence-electron chi connectivity index (χ0n) is 14.6. The number of hydrogen-bond donors (Lipinski definition) is 1. The van der Waals surface area contributed by atoms with Crippen LogP contribution in [0.5, 0.6) is 5.75 Å². The Morgan fingerprint density at radius 2 is 1.96 bits per heavy atom. The molecule has 25 heavy (non-hydrogen) atoms. The fourth-order valence-corrected chi connectivity index (χ4v) is 3.31. The van der Waals surface area contributed by atoms with Crippen molar-refractivity contribution in [1.82, 2.24) is 0 Å². The number of rotatable bonds is 4. The van der Waals surface area contributed by atoms with Gasteiger partial charge in [0.05, 0.1) is 7.11 Å². The first-order chi connectivity index (χ1) is 11.9. The SMILES string of the molecule is COc1cc(C2CC(=O)N(c3cc(C)ccc3C)C2)ccc1C(=O)O. The number of aryl methyl sites for hydroxylation is 2. The van der Waals surface area contributed by atoms with Crippen LogP contribution in [0.1, 0.15) is 39.4 Å². The number of carboxylic acids is 1. The fourth-order valence-electron chi connectivity index (χ4n) is 3.31. The summed E-state index contributed by atoms with van der Waals surface area (Å²) in [5.74, 6) is -0.602. The van der Waals surface area contributed by atoms with E-state index in [1.807, 2.05) is 36.9 Å². The van der Waals surface area contributed by atoms with Crippen molar-refractivity contribution in [1.29, 1.82) is 0 Å². The largest absolute Gasteiger partial charge is 0.496 e. The Bertz CT molecular complexity index is 844. The number of aromatic carboxylic acids is 1. The molecule has 1 atom stereocenters. The lowest BCUT2D eigenvalue weighted by molar-refractivity contribution is -0.117. The van der Waals surface area contributed by atoms with Crippen LogP contribution >= 0.6 is 0 Å². The highest BCUT2D eigenvalue weighted by molar-refractivity contribution is 5.97. The van der Waals surface area contributed by atoms with E-state index in [1.165, 1.54) is 7.11 Å². The number of carbonyl (C=O) groups is 2. The first-order valence-corrected chi connectivity index (χ1v) is 8.19. The molecule has 1 fully saturated rings. The maximum atomic E-state index is 12.6. The summed E-state index contributed by atoms with van der Waals surface area (Å²) in [6.07, 6.45) is 0.406. The average molecular weight is 339 g/mol. The van der Waals surface area contributed by atoms with Gasteiger partial charge in [0.15, 0.2) is 0 Å². The number of carbonyl (C=O) groups excluding carboxylic acids is 1. The predicted octanol–water partition coefficient (Wildman–Crippen LogP) is 3.53. The molecule has 0 radical (unpaired) electrons. The average Bonchev–Trinajstić information content (AvgIpc) is 2.98. The Morgan fingerprint density at radius 3 is 2.64 bits per heavy atom. The van der Waals surface area contributed by atoms with E-state index < -0.39 is 5.97 Å². The topological polar surface area (TPSA) is 66.8 Å². The lowest BCUT2D eigenvalue weighted by Gasteiger charge is -2.20. The molecular weight excluding hydrogens is 318 g/mol. The van der Waals surface area contributed by atoms with Crippen molar-refractivity contribution in [3.05, 3.63) is 58.7 Å². The maximum Gasteiger partial charge on any atom is 0.339 e. The Labute approximate surface area is 146 Å². The summed E-state index contributed by atoms with van der Waals surface area (Å²) < 4.78 is 5.20. The van der Waals surface area contributed by atoms with Crippen molar-refractivity contribution in [3.63, 3.8) is 0 Å². The predicted molar refractivity (Wildman–Crippen MR) is 95.6 cm³/mol. The molecule has 0 aliphatic carbocycles. The van der Waals surface area contributed by atoms with Gasteiger partial charge in [0.1, 0.15) is 11.3 Å². The van der Waals surface area contributed by atoms with Gasteiger partial charge in [0.25, 0.3) is 0 Å². The van der Waals surface area contributed by atoms with Gasteiger partial charge in [-0.15, -0.1) is 0 Å². The Hall–Kier alpha value is -2.82. The van der Waals surface area contributed by atoms with Crippen LogP contribution in [0, 0.1) is 13.8 Å². The van der Waals surface area contributed by atoms with Gasteiger partial charge in [-0.1, -0.05) is 18.2 Å². The summed E-state index contributed by atoms with van der Waals surface area (Å²) in [5.41, 5.74) is 4.18. The van der Waals surface area contributed by atoms with Gasteiger partial charge >= 0.3 is 5.97 Å². The van der Waals surface area contributed by atoms with E-state index in [0.717, 1.165) is 22.4 Å². The number of benzene rings is 2. The molecule has 1 heterocycles. The first kappa shape index (κ1) is 17.0. The van der Waals surface area contributed by atoms with Crippen molar-refractivity contribution < 1.29 is 19.4 Å². The minimum atomic E-state index is -1.03. The number of nitrogens with zero attached hydrogens (tertiary/aromatic N) is 1. The third-order valence-electron chi connectivity index (χ3n) is 4.71. The summed E-state index contributed by atoms with van der Waals surface area (Å²) >= 11 is 0. The molecule has 1 saturated heterocycles. The van der Waals surface area contributed by atoms with Crippen LogP contribution in [-0.4, -0.2) is 30.6 Å². The molecule has 0 saturated carbocycles. The molecule has 130 valence electrons. The Kier molecular flexibility index (Phi) is 4.49. The molecule has 1 unspecified atom stereocenters. The normalized spacial score (nSPS) is 17.0. The zero-order chi connectivity index (χ0) is 18.1. The molecule has 1 amide bonds. The third-order valence-corrected chi connectivity index (χ3v) is 4.71. The maximum absolute atomic E-state index is 12.6. The van der Waals surface area contributed by atoms with Gasteiger partial charge in [-0.05, 0) is 48.7 Å². The minimum Gasteiger partial charge on any atom is -0.496 e. The van der Waals surface area contributed by atoms with Gasteiger partial charge in [-0.2, -0.15) is 0 Å². The molecule has 0 aromatic heterocycles. The van der Waals surface area contributed by atoms with Crippen LogP contribution in [-0.2, 0) is 4.79 Å². The number of hydrogen-bond acceptors (Lipinski definition) is 3. The summed E-state index contributed by atoms with van der Waals surface area (Å²) in [4.78, 5) is 25.6. The van der Waals surface area contributed by atoms with Crippen LogP contribution in [0.3, 0.4) is 0 Å². The van der Waals surface area contributed by atoms with Crippen molar-refractivity contribution in [2.24, 2.45) is 0 Å². The van der Waals surface area contributed by atoms with E-state index in [-0.39, 0.29) is 17.4 Å². The van der Waals surface area contributed by atoms with Crippen LogP contribution < -0.4 is 9.64 Å². The number of ether oxygens (including phenoxy) is 1. The van der Waals surface area contributed by atoms with Crippen molar-refractivity contribution >= 4 is 17.6 Å². The summed E-state index contributed by atoms with van der Waals surface area (Å²) in [6, 6.07) is 11.1. The first-order valence-electron chi connectivity index (χ1n) is 8.19. The minimum absolute atomic E-state index is 0.0177. The summed E-state index contributed by atoms with van der Waals surface area (Å²) in [6.45, 7) is 4.59. The van der Waals surface area contributed by atoms with Crippen molar-refractivity contribution in [2.75, 3.05) is 18.6 Å². The second-order valence-electron chi connectivity index (χ2n) is 6.46. The second-order valence-corrected chi connectivity index (χ2v) is 6.46. The second kappa shape index (κ2) is 6.59. The molecule has 1 aliphatic heterocycles. The molecule has 1 aliphatic rings. The van der Waals surface area contributed by atoms with Crippen LogP contribution in [0.2, 0.25) is 0 Å². The molecule has 5 heteroatoms. The quantitative estimate of drug-likeness (QED) is 0.925. The number of carboxylic acid groups (broad SMARTS) is 1. The molecule has 2 aromatic rings. The van der Waals surface area contributed by atoms with E-state index in [0.29, 0.717) is 18.7 Å². The van der Waals surface area contributed by atoms with Crippen LogP contribution in [0.25, 0.3) is 0 Å². The Morgan fingerprint density at radius 1 is 1.20 bits per heavy atom. The Balaban J connectivity index is 1.90. The van der Waals surface area contributed by atoms with Gasteiger partial charge in [0, 0.05) is 24.6 Å². The van der Waals surface area contributed by atoms with E-state index in [9.17, 15) is 14.7 Å². The number of methoxy groups -OCH3 is 1. The van der Waals surface area contributed by atoms with E-state index in [2.05, 4.69) is 0 Å². The number of amides is 1. The highest BCUT2D eigenvalue weighted by Crippen LogP contribution is 2.35. The lowest BCUT2D eigenvalue weighted by atomic mass is 9.96. The highest BCUT2D eigenvalue weighted by atomic mass is 16.5. The molecule has 5 nitrogen and oxygen atoms in total. The van der Waals surface area contributed by atoms with E-state index >= 15 is 0 Å². The van der Waals surface area contributed by atoms with E-state index in [4.69, 9.17) is 4.74 Å². The standard InChI is InChI=1S/C20H21NO4/c1-12-4-5-13(2)17(8-12)21-11-15(10-19(21)22)14-6-7-16(20(23)24)18(9-14)25-3/h4-9,15H,10-11H2,1-3H3,(H,23,24). The van der Waals surface area contributed by atoms with Gasteiger partial charge < -0.3 is 14.7 Å². The molecule has 1 N–H and O–H groups in total.